The molecule has 0 unspecified atom stereocenters. The Morgan fingerprint density at radius 1 is 1.55 bits per heavy atom. The second-order valence-corrected chi connectivity index (χ2v) is 5.08. The molecule has 1 amide bonds. The van der Waals surface area contributed by atoms with Gasteiger partial charge in [-0.05, 0) is 30.8 Å². The first-order chi connectivity index (χ1) is 9.67. The van der Waals surface area contributed by atoms with E-state index in [1.807, 2.05) is 13.0 Å². The number of H-pyrrole nitrogens is 1. The summed E-state index contributed by atoms with van der Waals surface area (Å²) in [5.74, 6) is -0.159. The second kappa shape index (κ2) is 6.38. The number of pyridine rings is 1. The van der Waals surface area contributed by atoms with Crippen molar-refractivity contribution in [3.05, 3.63) is 35.1 Å². The summed E-state index contributed by atoms with van der Waals surface area (Å²) in [6.45, 7) is 2.48. The summed E-state index contributed by atoms with van der Waals surface area (Å²) in [6, 6.07) is 1.87. The van der Waals surface area contributed by atoms with Crippen molar-refractivity contribution < 1.29 is 9.59 Å². The smallest absolute Gasteiger partial charge is 0.260 e. The van der Waals surface area contributed by atoms with Crippen LogP contribution in [0.25, 0.3) is 17.0 Å². The number of fused-ring (bicyclic) bond motifs is 1. The maximum Gasteiger partial charge on any atom is 0.260 e. The first-order valence-electron chi connectivity index (χ1n) is 6.16. The van der Waals surface area contributed by atoms with E-state index in [1.165, 1.54) is 0 Å². The Balaban J connectivity index is 2.42. The third-order valence-electron chi connectivity index (χ3n) is 3.01. The van der Waals surface area contributed by atoms with Gasteiger partial charge in [0.05, 0.1) is 16.6 Å². The van der Waals surface area contributed by atoms with Crippen LogP contribution in [0.15, 0.2) is 29.6 Å². The molecule has 2 aromatic heterocycles. The van der Waals surface area contributed by atoms with Crippen LogP contribution in [-0.2, 0) is 9.59 Å². The van der Waals surface area contributed by atoms with Crippen molar-refractivity contribution in [2.45, 2.75) is 6.92 Å². The van der Waals surface area contributed by atoms with Crippen LogP contribution in [0.2, 0.25) is 0 Å². The molecular weight excluding hydrogens is 274 g/mol. The van der Waals surface area contributed by atoms with Gasteiger partial charge in [0.15, 0.2) is 5.62 Å². The molecule has 0 aliphatic carbocycles. The number of aromatic nitrogens is 2. The molecule has 1 N–H and O–H groups in total. The van der Waals surface area contributed by atoms with Crippen molar-refractivity contribution in [2.75, 3.05) is 13.6 Å². The number of carbonyl (C=O) groups is 2. The predicted molar refractivity (Wildman–Crippen MR) is 81.7 cm³/mol. The van der Waals surface area contributed by atoms with Gasteiger partial charge in [0.2, 0.25) is 0 Å². The molecule has 0 bridgehead atoms. The minimum atomic E-state index is -0.159. The minimum Gasteiger partial charge on any atom is -0.359 e. The first-order valence-corrected chi connectivity index (χ1v) is 7.04. The average molecular weight is 289 g/mol. The van der Waals surface area contributed by atoms with Crippen LogP contribution in [0.5, 0.6) is 0 Å². The lowest BCUT2D eigenvalue weighted by Gasteiger charge is -2.15. The largest absolute Gasteiger partial charge is 0.359 e. The lowest BCUT2D eigenvalue weighted by Crippen LogP contribution is -2.26. The molecule has 20 heavy (non-hydrogen) atoms. The summed E-state index contributed by atoms with van der Waals surface area (Å²) >= 11 is 0.895. The molecule has 0 spiro atoms. The van der Waals surface area contributed by atoms with Crippen LogP contribution >= 0.6 is 11.8 Å². The molecule has 0 saturated carbocycles. The number of amides is 1. The molecule has 2 aromatic rings. The molecule has 0 aromatic carbocycles. The van der Waals surface area contributed by atoms with E-state index >= 15 is 0 Å². The number of rotatable bonds is 5. The Kier molecular flexibility index (Phi) is 4.57. The van der Waals surface area contributed by atoms with Crippen molar-refractivity contribution in [1.29, 1.82) is 0 Å². The summed E-state index contributed by atoms with van der Waals surface area (Å²) in [5.41, 5.74) is 2.43. The van der Waals surface area contributed by atoms with Crippen molar-refractivity contribution in [3.63, 3.8) is 0 Å². The van der Waals surface area contributed by atoms with Gasteiger partial charge in [0.1, 0.15) is 0 Å². The molecule has 0 radical (unpaired) electrons. The highest BCUT2D eigenvalue weighted by atomic mass is 32.2. The van der Waals surface area contributed by atoms with Gasteiger partial charge in [-0.1, -0.05) is 0 Å². The van der Waals surface area contributed by atoms with E-state index in [2.05, 4.69) is 9.97 Å². The number of nitrogens with one attached hydrogen (secondary N) is 1. The molecular formula is C14H15N3O2S. The SMILES string of the molecule is CCN(C)C(=O)/C(=C/c1c[nH]c2cnccc12)SC=O. The standard InChI is InChI=1S/C14H15N3O2S/c1-3-17(2)14(19)13(20-9-18)6-10-7-16-12-8-15-5-4-11(10)12/h4-9,16H,3H2,1-2H3/b13-6-. The first kappa shape index (κ1) is 14.3. The van der Waals surface area contributed by atoms with E-state index in [9.17, 15) is 9.59 Å². The van der Waals surface area contributed by atoms with E-state index in [1.54, 1.807) is 36.6 Å². The van der Waals surface area contributed by atoms with E-state index in [0.29, 0.717) is 17.1 Å². The monoisotopic (exact) mass is 289 g/mol. The average Bonchev–Trinajstić information content (AvgIpc) is 2.88. The molecule has 0 aliphatic rings. The number of hydrogen-bond acceptors (Lipinski definition) is 4. The fraction of sp³-hybridized carbons (Fsp3) is 0.214. The lowest BCUT2D eigenvalue weighted by atomic mass is 10.2. The van der Waals surface area contributed by atoms with Gasteiger partial charge in [-0.15, -0.1) is 0 Å². The number of carbonyl (C=O) groups excluding carboxylic acids is 2. The van der Waals surface area contributed by atoms with Crippen LogP contribution in [0.3, 0.4) is 0 Å². The summed E-state index contributed by atoms with van der Waals surface area (Å²) in [4.78, 5) is 32.0. The van der Waals surface area contributed by atoms with E-state index in [4.69, 9.17) is 0 Å². The van der Waals surface area contributed by atoms with Gasteiger partial charge in [-0.3, -0.25) is 14.6 Å². The Bertz CT molecular complexity index is 663. The summed E-state index contributed by atoms with van der Waals surface area (Å²) in [6.07, 6.45) is 6.95. The molecule has 104 valence electrons. The van der Waals surface area contributed by atoms with Gasteiger partial charge >= 0.3 is 0 Å². The second-order valence-electron chi connectivity index (χ2n) is 4.21. The van der Waals surface area contributed by atoms with Crippen molar-refractivity contribution in [3.8, 4) is 0 Å². The van der Waals surface area contributed by atoms with Crippen LogP contribution in [0.1, 0.15) is 12.5 Å². The number of likely N-dealkylation sites (N-methyl/N-ethyl adjacent to an activating group) is 1. The van der Waals surface area contributed by atoms with E-state index in [-0.39, 0.29) is 5.91 Å². The predicted octanol–water partition coefficient (Wildman–Crippen LogP) is 2.31. The summed E-state index contributed by atoms with van der Waals surface area (Å²) in [7, 11) is 1.71. The third kappa shape index (κ3) is 2.91. The maximum absolute atomic E-state index is 12.2. The van der Waals surface area contributed by atoms with E-state index < -0.39 is 0 Å². The lowest BCUT2D eigenvalue weighted by molar-refractivity contribution is -0.124. The summed E-state index contributed by atoms with van der Waals surface area (Å²) in [5, 5.41) is 0.968. The normalized spacial score (nSPS) is 11.6. The van der Waals surface area contributed by atoms with Gasteiger partial charge in [-0.2, -0.15) is 0 Å². The Hall–Kier alpha value is -2.08. The van der Waals surface area contributed by atoms with Crippen LogP contribution in [0.4, 0.5) is 0 Å². The number of aromatic amines is 1. The number of nitrogens with zero attached hydrogens (tertiary/aromatic N) is 2. The molecule has 0 saturated heterocycles. The van der Waals surface area contributed by atoms with Crippen LogP contribution in [0, 0.1) is 0 Å². The van der Waals surface area contributed by atoms with Gasteiger partial charge in [0.25, 0.3) is 5.91 Å². The molecule has 0 atom stereocenters. The molecule has 6 heteroatoms. The quantitative estimate of drug-likeness (QED) is 0.677. The zero-order chi connectivity index (χ0) is 14.5. The maximum atomic E-state index is 12.2. The zero-order valence-corrected chi connectivity index (χ0v) is 12.1. The van der Waals surface area contributed by atoms with Gasteiger partial charge < -0.3 is 9.88 Å². The fourth-order valence-electron chi connectivity index (χ4n) is 1.78. The Morgan fingerprint density at radius 2 is 2.35 bits per heavy atom. The van der Waals surface area contributed by atoms with Crippen molar-refractivity contribution >= 4 is 40.3 Å². The van der Waals surface area contributed by atoms with Crippen molar-refractivity contribution in [2.24, 2.45) is 0 Å². The highest BCUT2D eigenvalue weighted by molar-refractivity contribution is 8.16. The fourth-order valence-corrected chi connectivity index (χ4v) is 2.34. The molecule has 5 nitrogen and oxygen atoms in total. The highest BCUT2D eigenvalue weighted by Crippen LogP contribution is 2.24. The Labute approximate surface area is 121 Å². The highest BCUT2D eigenvalue weighted by Gasteiger charge is 2.15. The molecule has 0 aliphatic heterocycles. The zero-order valence-electron chi connectivity index (χ0n) is 11.3. The van der Waals surface area contributed by atoms with Crippen LogP contribution in [-0.4, -0.2) is 40.0 Å². The minimum absolute atomic E-state index is 0.159. The van der Waals surface area contributed by atoms with E-state index in [0.717, 1.165) is 28.2 Å². The Morgan fingerprint density at radius 3 is 3.05 bits per heavy atom. The van der Waals surface area contributed by atoms with Crippen LogP contribution < -0.4 is 0 Å². The third-order valence-corrected chi connectivity index (χ3v) is 3.65. The number of thioether (sulfide) groups is 1. The molecule has 0 fully saturated rings. The molecule has 2 heterocycles. The molecule has 2 rings (SSSR count). The number of hydrogen-bond donors (Lipinski definition) is 1. The topological polar surface area (TPSA) is 66.1 Å². The van der Waals surface area contributed by atoms with Crippen molar-refractivity contribution in [1.82, 2.24) is 14.9 Å². The van der Waals surface area contributed by atoms with Gasteiger partial charge in [-0.25, -0.2) is 0 Å². The summed E-state index contributed by atoms with van der Waals surface area (Å²) < 4.78 is 0. The van der Waals surface area contributed by atoms with Gasteiger partial charge in [0, 0.05) is 36.9 Å².